The molecule has 0 saturated carbocycles. The number of likely N-dealkylation sites (tertiary alicyclic amines) is 2. The monoisotopic (exact) mass is 837 g/mol. The van der Waals surface area contributed by atoms with Crippen molar-refractivity contribution >= 4 is 45.4 Å². The fourth-order valence-electron chi connectivity index (χ4n) is 8.90. The predicted molar refractivity (Wildman–Crippen MR) is 224 cm³/mol. The number of H-pyrrole nitrogens is 1. The molecule has 2 fully saturated rings. The van der Waals surface area contributed by atoms with Crippen LogP contribution in [0.2, 0.25) is 0 Å². The maximum atomic E-state index is 15.5. The van der Waals surface area contributed by atoms with Crippen molar-refractivity contribution in [2.45, 2.75) is 135 Å². The van der Waals surface area contributed by atoms with Crippen LogP contribution in [0.1, 0.15) is 91.5 Å². The number of carbonyl (C=O) groups is 4. The van der Waals surface area contributed by atoms with Gasteiger partial charge in [-0.1, -0.05) is 40.5 Å². The predicted octanol–water partition coefficient (Wildman–Crippen LogP) is 7.20. The Kier molecular flexibility index (Phi) is 14.4. The molecule has 4 aromatic rings. The highest BCUT2D eigenvalue weighted by atomic mass is 19.1. The van der Waals surface area contributed by atoms with Crippen LogP contribution in [0.15, 0.2) is 36.4 Å². The fraction of sp³-hybridized carbons (Fsp3) is 0.578. The molecule has 3 N–H and O–H groups in total. The van der Waals surface area contributed by atoms with Crippen LogP contribution in [0.5, 0.6) is 0 Å². The number of nitrogens with zero attached hydrogens (tertiary/aromatic N) is 4. The first-order chi connectivity index (χ1) is 28.7. The normalized spacial score (nSPS) is 21.4. The van der Waals surface area contributed by atoms with Crippen LogP contribution >= 0.6 is 0 Å². The number of aromatic nitrogens is 3. The molecular weight excluding hydrogens is 779 g/mol. The molecular formula is C45H59F4N7O4. The Labute approximate surface area is 349 Å². The van der Waals surface area contributed by atoms with Gasteiger partial charge in [0.2, 0.25) is 17.7 Å². The van der Waals surface area contributed by atoms with Gasteiger partial charge >= 0.3 is 0 Å². The zero-order valence-electron chi connectivity index (χ0n) is 35.5. The fourth-order valence-corrected chi connectivity index (χ4v) is 8.90. The Balaban J connectivity index is 1.40. The standard InChI is InChI=1S/C45H59F4N7O4/c1-7-10-27(16-40(57)26(5)50-6)44(59)54-22-30(48)17-32(54)21-35-34-14-12-28(46)19-37(34)51-41(35)42-52-38-20-29(47)13-15-39(38)56(42)24-33-18-31(49)23-55(33)45(60)36(11-8-2)53-43(58)25(4)9-3/h12-15,19-20,25-27,30-33,36,50-51H,7-11,16-18,21-24H2,1-6H3,(H,53,58)/t25-,26+,27-,30+,31+,32+,33+,36+/m1/s1. The van der Waals surface area contributed by atoms with Gasteiger partial charge < -0.3 is 30.0 Å². The number of amides is 3. The number of benzene rings is 2. The van der Waals surface area contributed by atoms with Crippen molar-refractivity contribution < 1.29 is 36.7 Å². The van der Waals surface area contributed by atoms with Crippen molar-refractivity contribution in [1.29, 1.82) is 0 Å². The van der Waals surface area contributed by atoms with E-state index in [0.29, 0.717) is 71.1 Å². The zero-order valence-corrected chi connectivity index (χ0v) is 35.5. The van der Waals surface area contributed by atoms with Gasteiger partial charge in [0.25, 0.3) is 0 Å². The van der Waals surface area contributed by atoms with Crippen LogP contribution in [0.3, 0.4) is 0 Å². The van der Waals surface area contributed by atoms with Gasteiger partial charge in [-0.3, -0.25) is 19.2 Å². The molecule has 8 atom stereocenters. The largest absolute Gasteiger partial charge is 0.352 e. The molecule has 0 aliphatic carbocycles. The number of hydrogen-bond acceptors (Lipinski definition) is 6. The van der Waals surface area contributed by atoms with Crippen molar-refractivity contribution in [3.63, 3.8) is 0 Å². The molecule has 11 nitrogen and oxygen atoms in total. The number of rotatable bonds is 18. The van der Waals surface area contributed by atoms with Crippen molar-refractivity contribution in [2.75, 3.05) is 20.1 Å². The molecule has 326 valence electrons. The highest BCUT2D eigenvalue weighted by Crippen LogP contribution is 2.38. The summed E-state index contributed by atoms with van der Waals surface area (Å²) in [5.74, 6) is -2.67. The van der Waals surface area contributed by atoms with E-state index in [0.717, 1.165) is 0 Å². The van der Waals surface area contributed by atoms with Crippen molar-refractivity contribution in [2.24, 2.45) is 11.8 Å². The number of ketones is 1. The average molecular weight is 838 g/mol. The van der Waals surface area contributed by atoms with Gasteiger partial charge in [-0.2, -0.15) is 0 Å². The highest BCUT2D eigenvalue weighted by Gasteiger charge is 2.42. The van der Waals surface area contributed by atoms with E-state index in [9.17, 15) is 28.0 Å². The second-order valence-electron chi connectivity index (χ2n) is 16.8. The molecule has 4 heterocycles. The Morgan fingerprint density at radius 3 is 2.20 bits per heavy atom. The lowest BCUT2D eigenvalue weighted by molar-refractivity contribution is -0.139. The molecule has 2 saturated heterocycles. The minimum absolute atomic E-state index is 0.0144. The van der Waals surface area contributed by atoms with Crippen molar-refractivity contribution in [1.82, 2.24) is 35.0 Å². The van der Waals surface area contributed by atoms with E-state index in [1.807, 2.05) is 20.8 Å². The third kappa shape index (κ3) is 9.55. The summed E-state index contributed by atoms with van der Waals surface area (Å²) in [5.41, 5.74) is 2.29. The van der Waals surface area contributed by atoms with Gasteiger partial charge in [0.05, 0.1) is 41.9 Å². The minimum atomic E-state index is -1.33. The van der Waals surface area contributed by atoms with E-state index in [-0.39, 0.29) is 74.7 Å². The second kappa shape index (κ2) is 19.3. The molecule has 6 rings (SSSR count). The molecule has 2 aliphatic rings. The Bertz CT molecular complexity index is 2040. The summed E-state index contributed by atoms with van der Waals surface area (Å²) in [5, 5.41) is 6.45. The third-order valence-electron chi connectivity index (χ3n) is 12.5. The van der Waals surface area contributed by atoms with E-state index in [1.165, 1.54) is 29.2 Å². The van der Waals surface area contributed by atoms with Crippen molar-refractivity contribution in [3.05, 3.63) is 53.6 Å². The lowest BCUT2D eigenvalue weighted by Gasteiger charge is -2.30. The third-order valence-corrected chi connectivity index (χ3v) is 12.5. The number of fused-ring (bicyclic) bond motifs is 2. The molecule has 0 bridgehead atoms. The topological polar surface area (TPSA) is 132 Å². The Morgan fingerprint density at radius 1 is 0.883 bits per heavy atom. The number of aromatic amines is 1. The number of Topliss-reactive ketones (excluding diaryl/α,β-unsaturated/α-hetero) is 1. The van der Waals surface area contributed by atoms with E-state index in [2.05, 4.69) is 15.6 Å². The van der Waals surface area contributed by atoms with Gasteiger partial charge in [0.1, 0.15) is 35.8 Å². The van der Waals surface area contributed by atoms with E-state index >= 15 is 8.78 Å². The van der Waals surface area contributed by atoms with Gasteiger partial charge in [0.15, 0.2) is 5.82 Å². The molecule has 0 radical (unpaired) electrons. The van der Waals surface area contributed by atoms with Gasteiger partial charge in [-0.15, -0.1) is 0 Å². The summed E-state index contributed by atoms with van der Waals surface area (Å²) in [4.78, 5) is 65.6. The summed E-state index contributed by atoms with van der Waals surface area (Å²) in [6.07, 6.45) is 0.296. The molecule has 15 heteroatoms. The lowest BCUT2D eigenvalue weighted by Crippen LogP contribution is -2.51. The summed E-state index contributed by atoms with van der Waals surface area (Å²) >= 11 is 0. The maximum Gasteiger partial charge on any atom is 0.245 e. The summed E-state index contributed by atoms with van der Waals surface area (Å²) < 4.78 is 62.3. The molecule has 2 aromatic carbocycles. The first-order valence-corrected chi connectivity index (χ1v) is 21.5. The van der Waals surface area contributed by atoms with Gasteiger partial charge in [-0.25, -0.2) is 22.5 Å². The minimum Gasteiger partial charge on any atom is -0.352 e. The highest BCUT2D eigenvalue weighted by molar-refractivity contribution is 5.93. The van der Waals surface area contributed by atoms with E-state index in [4.69, 9.17) is 4.98 Å². The first kappa shape index (κ1) is 44.8. The van der Waals surface area contributed by atoms with Crippen LogP contribution in [0.25, 0.3) is 33.5 Å². The molecule has 2 aliphatic heterocycles. The average Bonchev–Trinajstić information content (AvgIpc) is 3.98. The van der Waals surface area contributed by atoms with E-state index in [1.54, 1.807) is 42.5 Å². The van der Waals surface area contributed by atoms with Gasteiger partial charge in [0, 0.05) is 60.7 Å². The van der Waals surface area contributed by atoms with Crippen LogP contribution in [-0.4, -0.2) is 104 Å². The SMILES string of the molecule is CCC[C@H](CC(=O)[C@H](C)NC)C(=O)N1C[C@@H](F)C[C@H]1Cc1c(-c2nc3cc(F)ccc3n2C[C@@H]2C[C@H](F)CN2C(=O)[C@H](CCC)NC(=O)[C@H](C)CC)[nH]c2cc(F)ccc12. The quantitative estimate of drug-likeness (QED) is 0.0910. The van der Waals surface area contributed by atoms with Crippen LogP contribution < -0.4 is 10.6 Å². The molecule has 0 spiro atoms. The lowest BCUT2D eigenvalue weighted by atomic mass is 9.92. The maximum absolute atomic E-state index is 15.5. The number of alkyl halides is 2. The van der Waals surface area contributed by atoms with Crippen LogP contribution in [0, 0.1) is 23.5 Å². The number of likely N-dealkylation sites (N-methyl/N-ethyl adjacent to an activating group) is 1. The van der Waals surface area contributed by atoms with Gasteiger partial charge in [-0.05, 0) is 75.5 Å². The second-order valence-corrected chi connectivity index (χ2v) is 16.8. The summed E-state index contributed by atoms with van der Waals surface area (Å²) in [7, 11) is 1.68. The number of hydrogen-bond donors (Lipinski definition) is 3. The molecule has 2 aromatic heterocycles. The number of nitrogens with one attached hydrogen (secondary N) is 3. The van der Waals surface area contributed by atoms with Crippen LogP contribution in [0.4, 0.5) is 17.6 Å². The summed E-state index contributed by atoms with van der Waals surface area (Å²) in [6, 6.07) is 5.85. The van der Waals surface area contributed by atoms with Crippen LogP contribution in [-0.2, 0) is 32.1 Å². The molecule has 0 unspecified atom stereocenters. The summed E-state index contributed by atoms with van der Waals surface area (Å²) in [6.45, 7) is 9.03. The number of carbonyl (C=O) groups excluding carboxylic acids is 4. The van der Waals surface area contributed by atoms with E-state index < -0.39 is 54.1 Å². The zero-order chi connectivity index (χ0) is 43.4. The number of imidazole rings is 1. The van der Waals surface area contributed by atoms with Crippen molar-refractivity contribution in [3.8, 4) is 11.5 Å². The molecule has 3 amide bonds. The number of halogens is 4. The first-order valence-electron chi connectivity index (χ1n) is 21.5. The Morgan fingerprint density at radius 2 is 1.53 bits per heavy atom. The Hall–Kier alpha value is -4.79. The smallest absolute Gasteiger partial charge is 0.245 e. The molecule has 60 heavy (non-hydrogen) atoms.